The number of phenolic OH excluding ortho intramolecular Hbond substituents is 2. The van der Waals surface area contributed by atoms with Crippen LogP contribution in [0.25, 0.3) is 12.2 Å². The molecule has 1 unspecified atom stereocenters. The quantitative estimate of drug-likeness (QED) is 0.457. The van der Waals surface area contributed by atoms with E-state index in [0.29, 0.717) is 12.2 Å². The van der Waals surface area contributed by atoms with Crippen molar-refractivity contribution < 1.29 is 20.3 Å². The van der Waals surface area contributed by atoms with E-state index in [9.17, 15) is 15.4 Å². The van der Waals surface area contributed by atoms with Gasteiger partial charge in [-0.3, -0.25) is 0 Å². The van der Waals surface area contributed by atoms with Crippen LogP contribution in [0.3, 0.4) is 0 Å². The lowest BCUT2D eigenvalue weighted by Gasteiger charge is -2.35. The maximum atomic E-state index is 10.4. The molecule has 0 saturated carbocycles. The Morgan fingerprint density at radius 3 is 2.21 bits per heavy atom. The zero-order valence-corrected chi connectivity index (χ0v) is 16.7. The largest absolute Gasteiger partial charge is 0.508 e. The first-order chi connectivity index (χ1) is 13.1. The predicted octanol–water partition coefficient (Wildman–Crippen LogP) is 4.17. The molecule has 6 heteroatoms. The summed E-state index contributed by atoms with van der Waals surface area (Å²) < 4.78 is 0. The van der Waals surface area contributed by atoms with Crippen LogP contribution >= 0.6 is 0 Å². The fourth-order valence-corrected chi connectivity index (χ4v) is 3.63. The number of hydrogen-bond donors (Lipinski definition) is 4. The molecule has 0 spiro atoms. The third-order valence-electron chi connectivity index (χ3n) is 5.27. The van der Waals surface area contributed by atoms with Gasteiger partial charge in [0.05, 0.1) is 11.6 Å². The van der Waals surface area contributed by atoms with Crippen LogP contribution < -0.4 is 10.3 Å². The molecule has 0 amide bonds. The maximum Gasteiger partial charge on any atom is 0.151 e. The molecule has 3 rings (SSSR count). The molecule has 1 aliphatic heterocycles. The van der Waals surface area contributed by atoms with Crippen molar-refractivity contribution >= 4 is 12.2 Å². The molecule has 150 valence electrons. The van der Waals surface area contributed by atoms with Gasteiger partial charge in [-0.15, -0.1) is 0 Å². The molecule has 1 fully saturated rings. The van der Waals surface area contributed by atoms with Gasteiger partial charge in [-0.25, -0.2) is 0 Å². The van der Waals surface area contributed by atoms with Crippen LogP contribution in [-0.2, 0) is 0 Å². The van der Waals surface area contributed by atoms with Crippen molar-refractivity contribution in [2.75, 3.05) is 0 Å². The van der Waals surface area contributed by atoms with Gasteiger partial charge in [-0.1, -0.05) is 24.3 Å². The van der Waals surface area contributed by atoms with Gasteiger partial charge < -0.3 is 20.3 Å². The molecule has 0 aliphatic carbocycles. The van der Waals surface area contributed by atoms with Crippen LogP contribution in [0.15, 0.2) is 42.5 Å². The number of nitrogens with one attached hydrogen (secondary N) is 1. The highest BCUT2D eigenvalue weighted by Crippen LogP contribution is 2.39. The second-order valence-electron chi connectivity index (χ2n) is 8.44. The van der Waals surface area contributed by atoms with Gasteiger partial charge in [0.1, 0.15) is 11.5 Å². The summed E-state index contributed by atoms with van der Waals surface area (Å²) in [4.78, 5) is 5.74. The SMILES string of the molecule is CC1(C)CC(NOc2cc(O)cc(/C=C/c3ccc(O)cc3)c2)C(C)(C)N1O. The first kappa shape index (κ1) is 20.2. The number of hydroxylamine groups is 3. The minimum absolute atomic E-state index is 0.0918. The molecule has 2 aromatic carbocycles. The Balaban J connectivity index is 1.71. The molecule has 1 saturated heterocycles. The van der Waals surface area contributed by atoms with Crippen LogP contribution in [0.2, 0.25) is 0 Å². The second kappa shape index (κ2) is 7.47. The summed E-state index contributed by atoms with van der Waals surface area (Å²) in [6.45, 7) is 7.88. The topological polar surface area (TPSA) is 85.2 Å². The fraction of sp³-hybridized carbons (Fsp3) is 0.364. The smallest absolute Gasteiger partial charge is 0.151 e. The zero-order valence-electron chi connectivity index (χ0n) is 16.7. The van der Waals surface area contributed by atoms with E-state index >= 15 is 0 Å². The molecule has 1 atom stereocenters. The van der Waals surface area contributed by atoms with Gasteiger partial charge in [-0.2, -0.15) is 10.5 Å². The Labute approximate surface area is 165 Å². The highest BCUT2D eigenvalue weighted by molar-refractivity contribution is 5.71. The Morgan fingerprint density at radius 2 is 1.61 bits per heavy atom. The molecule has 4 N–H and O–H groups in total. The lowest BCUT2D eigenvalue weighted by Crippen LogP contribution is -2.52. The van der Waals surface area contributed by atoms with Crippen LogP contribution in [0.5, 0.6) is 17.2 Å². The summed E-state index contributed by atoms with van der Waals surface area (Å²) in [5.74, 6) is 0.797. The lowest BCUT2D eigenvalue weighted by molar-refractivity contribution is -0.196. The van der Waals surface area contributed by atoms with Gasteiger partial charge in [0.2, 0.25) is 0 Å². The normalized spacial score (nSPS) is 21.2. The van der Waals surface area contributed by atoms with Gasteiger partial charge in [0.25, 0.3) is 0 Å². The van der Waals surface area contributed by atoms with Crippen molar-refractivity contribution in [3.8, 4) is 17.2 Å². The van der Waals surface area contributed by atoms with Gasteiger partial charge in [-0.05, 0) is 69.5 Å². The van der Waals surface area contributed by atoms with E-state index < -0.39 is 5.54 Å². The monoisotopic (exact) mass is 384 g/mol. The molecule has 0 bridgehead atoms. The Bertz CT molecular complexity index is 859. The van der Waals surface area contributed by atoms with E-state index in [1.807, 2.05) is 45.9 Å². The summed E-state index contributed by atoms with van der Waals surface area (Å²) in [6.07, 6.45) is 4.46. The molecule has 2 aromatic rings. The van der Waals surface area contributed by atoms with Gasteiger partial charge >= 0.3 is 0 Å². The number of nitrogens with zero attached hydrogens (tertiary/aromatic N) is 1. The Kier molecular flexibility index (Phi) is 5.39. The van der Waals surface area contributed by atoms with E-state index in [2.05, 4.69) is 5.48 Å². The van der Waals surface area contributed by atoms with Crippen molar-refractivity contribution in [2.45, 2.75) is 51.2 Å². The standard InChI is InChI=1S/C22H28N2O4/c1-21(2)14-20(22(3,4)24(21)27)23-28-19-12-16(11-18(26)13-19)6-5-15-7-9-17(25)10-8-15/h5-13,20,23,25-27H,14H2,1-4H3/b6-5+. The molecule has 6 nitrogen and oxygen atoms in total. The number of aromatic hydroxyl groups is 2. The molecule has 28 heavy (non-hydrogen) atoms. The van der Waals surface area contributed by atoms with E-state index in [1.165, 1.54) is 11.1 Å². The fourth-order valence-electron chi connectivity index (χ4n) is 3.63. The number of rotatable bonds is 5. The average Bonchev–Trinajstić information content (AvgIpc) is 2.78. The van der Waals surface area contributed by atoms with E-state index in [4.69, 9.17) is 4.84 Å². The minimum Gasteiger partial charge on any atom is -0.508 e. The molecular formula is C22H28N2O4. The highest BCUT2D eigenvalue weighted by Gasteiger charge is 2.51. The van der Waals surface area contributed by atoms with Crippen molar-refractivity contribution in [1.82, 2.24) is 10.5 Å². The Hall–Kier alpha value is -2.54. The summed E-state index contributed by atoms with van der Waals surface area (Å²) >= 11 is 0. The summed E-state index contributed by atoms with van der Waals surface area (Å²) in [6, 6.07) is 11.7. The zero-order chi connectivity index (χ0) is 20.5. The second-order valence-corrected chi connectivity index (χ2v) is 8.44. The maximum absolute atomic E-state index is 10.4. The molecule has 1 aliphatic rings. The molecular weight excluding hydrogens is 356 g/mol. The molecule has 0 radical (unpaired) electrons. The lowest BCUT2D eigenvalue weighted by atomic mass is 9.95. The third-order valence-corrected chi connectivity index (χ3v) is 5.27. The van der Waals surface area contributed by atoms with E-state index in [0.717, 1.165) is 11.1 Å². The average molecular weight is 384 g/mol. The van der Waals surface area contributed by atoms with Crippen molar-refractivity contribution in [3.05, 3.63) is 53.6 Å². The number of benzene rings is 2. The van der Waals surface area contributed by atoms with Gasteiger partial charge in [0, 0.05) is 11.6 Å². The minimum atomic E-state index is -0.498. The summed E-state index contributed by atoms with van der Waals surface area (Å²) in [5.41, 5.74) is 3.89. The van der Waals surface area contributed by atoms with Crippen LogP contribution in [0, 0.1) is 0 Å². The number of hydrogen-bond acceptors (Lipinski definition) is 6. The Morgan fingerprint density at radius 1 is 0.964 bits per heavy atom. The van der Waals surface area contributed by atoms with Crippen molar-refractivity contribution in [1.29, 1.82) is 0 Å². The van der Waals surface area contributed by atoms with Crippen molar-refractivity contribution in [2.24, 2.45) is 0 Å². The summed E-state index contributed by atoms with van der Waals surface area (Å²) in [5, 5.41) is 31.2. The van der Waals surface area contributed by atoms with E-state index in [1.54, 1.807) is 30.3 Å². The number of phenols is 2. The third kappa shape index (κ3) is 4.30. The summed E-state index contributed by atoms with van der Waals surface area (Å²) in [7, 11) is 0. The van der Waals surface area contributed by atoms with Crippen LogP contribution in [0.4, 0.5) is 0 Å². The first-order valence-corrected chi connectivity index (χ1v) is 9.31. The predicted molar refractivity (Wildman–Crippen MR) is 109 cm³/mol. The molecule has 1 heterocycles. The first-order valence-electron chi connectivity index (χ1n) is 9.31. The van der Waals surface area contributed by atoms with Crippen LogP contribution in [-0.4, -0.2) is 37.6 Å². The molecule has 0 aromatic heterocycles. The highest BCUT2D eigenvalue weighted by atomic mass is 16.6. The van der Waals surface area contributed by atoms with Crippen LogP contribution in [0.1, 0.15) is 45.2 Å². The van der Waals surface area contributed by atoms with E-state index in [-0.39, 0.29) is 23.1 Å². The van der Waals surface area contributed by atoms with Crippen molar-refractivity contribution in [3.63, 3.8) is 0 Å². The van der Waals surface area contributed by atoms with Gasteiger partial charge in [0.15, 0.2) is 5.75 Å².